The van der Waals surface area contributed by atoms with Crippen LogP contribution in [0.25, 0.3) is 0 Å². The van der Waals surface area contributed by atoms with Crippen LogP contribution in [0.2, 0.25) is 5.15 Å². The molecule has 0 aromatic carbocycles. The molecule has 0 radical (unpaired) electrons. The summed E-state index contributed by atoms with van der Waals surface area (Å²) in [6.07, 6.45) is 0. The first kappa shape index (κ1) is 34.5. The molecule has 9 N–H and O–H groups in total. The van der Waals surface area contributed by atoms with E-state index in [0.717, 1.165) is 11.4 Å². The van der Waals surface area contributed by atoms with Crippen LogP contribution in [0.4, 0.5) is 28.8 Å². The second kappa shape index (κ2) is 14.7. The minimum atomic E-state index is -0.686. The highest BCUT2D eigenvalue weighted by Crippen LogP contribution is 2.26. The predicted octanol–water partition coefficient (Wildman–Crippen LogP) is 4.05. The molecule has 0 aliphatic carbocycles. The number of halogens is 1. The predicted molar refractivity (Wildman–Crippen MR) is 176 cm³/mol. The molecule has 0 saturated heterocycles. The first-order valence-electron chi connectivity index (χ1n) is 14.0. The van der Waals surface area contributed by atoms with Gasteiger partial charge in [-0.15, -0.1) is 20.4 Å². The number of nitrogens with one attached hydrogen (secondary N) is 3. The van der Waals surface area contributed by atoms with Crippen molar-refractivity contribution in [3.05, 3.63) is 76.5 Å². The summed E-state index contributed by atoms with van der Waals surface area (Å²) in [5, 5.41) is 24.4. The van der Waals surface area contributed by atoms with Gasteiger partial charge in [-0.3, -0.25) is 9.59 Å². The summed E-state index contributed by atoms with van der Waals surface area (Å²) in [5.74, 6) is 0.326. The first-order valence-corrected chi connectivity index (χ1v) is 14.4. The van der Waals surface area contributed by atoms with E-state index in [0.29, 0.717) is 41.9 Å². The number of nitrogens with zero attached hydrogens (tertiary/aromatic N) is 6. The summed E-state index contributed by atoms with van der Waals surface area (Å²) in [7, 11) is 0. The monoisotopic (exact) mass is 634 g/mol. The lowest BCUT2D eigenvalue weighted by Crippen LogP contribution is -2.19. The van der Waals surface area contributed by atoms with Crippen molar-refractivity contribution in [2.45, 2.75) is 52.4 Å². The Labute approximate surface area is 267 Å². The smallest absolute Gasteiger partial charge is 0.271 e. The van der Waals surface area contributed by atoms with Gasteiger partial charge in [-0.05, 0) is 24.3 Å². The molecule has 4 rings (SSSR count). The number of anilines is 5. The van der Waals surface area contributed by atoms with Crippen LogP contribution in [-0.4, -0.2) is 55.3 Å². The SMILES string of the molecule is CC(C)(C)c1cccc(Nc2cc(Cl)nnc2C(N)=O)n1.CC(C)(C)c1cccc(Nc2cc(NCCN)nnc2C(N)=O)n1. The highest BCUT2D eigenvalue weighted by atomic mass is 35.5. The van der Waals surface area contributed by atoms with Gasteiger partial charge in [0.15, 0.2) is 22.4 Å². The summed E-state index contributed by atoms with van der Waals surface area (Å²) in [4.78, 5) is 32.0. The summed E-state index contributed by atoms with van der Waals surface area (Å²) < 4.78 is 0. The van der Waals surface area contributed by atoms with Gasteiger partial charge >= 0.3 is 0 Å². The van der Waals surface area contributed by atoms with E-state index in [9.17, 15) is 9.59 Å². The van der Waals surface area contributed by atoms with E-state index in [4.69, 9.17) is 28.8 Å². The molecule has 2 amide bonds. The van der Waals surface area contributed by atoms with E-state index in [1.54, 1.807) is 12.1 Å². The number of nitrogens with two attached hydrogens (primary N) is 3. The third-order valence-corrected chi connectivity index (χ3v) is 6.22. The molecule has 238 valence electrons. The molecule has 0 aliphatic heterocycles. The van der Waals surface area contributed by atoms with Crippen molar-refractivity contribution < 1.29 is 9.59 Å². The van der Waals surface area contributed by atoms with Crippen molar-refractivity contribution in [2.24, 2.45) is 17.2 Å². The quantitative estimate of drug-likeness (QED) is 0.153. The Hall–Kier alpha value is -4.95. The molecule has 4 aromatic heterocycles. The average Bonchev–Trinajstić information content (AvgIpc) is 2.96. The maximum absolute atomic E-state index is 11.6. The van der Waals surface area contributed by atoms with Gasteiger partial charge in [0.05, 0.1) is 11.4 Å². The summed E-state index contributed by atoms with van der Waals surface area (Å²) in [6, 6.07) is 14.4. The fraction of sp³-hybridized carbons (Fsp3) is 0.333. The molecule has 0 unspecified atom stereocenters. The lowest BCUT2D eigenvalue weighted by Gasteiger charge is -2.19. The molecule has 4 heterocycles. The van der Waals surface area contributed by atoms with Gasteiger partial charge in [-0.1, -0.05) is 65.3 Å². The first-order chi connectivity index (χ1) is 21.1. The van der Waals surface area contributed by atoms with Gasteiger partial charge in [0.2, 0.25) is 0 Å². The second-order valence-corrected chi connectivity index (χ2v) is 12.3. The highest BCUT2D eigenvalue weighted by molar-refractivity contribution is 6.29. The zero-order valence-electron chi connectivity index (χ0n) is 26.1. The Morgan fingerprint density at radius 1 is 0.711 bits per heavy atom. The van der Waals surface area contributed by atoms with Crippen molar-refractivity contribution in [1.82, 2.24) is 30.4 Å². The standard InChI is InChI=1S/C16H23N7O.C14H16ClN5O/c1-16(2,3)11-5-4-6-12(21-11)20-10-9-13(19-8-7-17)22-23-14(10)15(18)24;1-14(2,3)9-5-4-6-11(18-9)17-8-7-10(15)19-20-12(8)13(16)21/h4-6,9H,7-8,17H2,1-3H3,(H2,18,24)(H2,19,20,21,22);4-7H,1-3H3,(H2,16,21)(H,17,18,19). The van der Waals surface area contributed by atoms with E-state index in [1.807, 2.05) is 30.3 Å². The van der Waals surface area contributed by atoms with Crippen LogP contribution in [0, 0.1) is 0 Å². The lowest BCUT2D eigenvalue weighted by atomic mass is 9.92. The Kier molecular flexibility index (Phi) is 11.3. The maximum atomic E-state index is 11.6. The van der Waals surface area contributed by atoms with Gasteiger partial charge in [-0.25, -0.2) is 9.97 Å². The Morgan fingerprint density at radius 2 is 1.18 bits per heavy atom. The van der Waals surface area contributed by atoms with Crippen molar-refractivity contribution >= 4 is 52.2 Å². The van der Waals surface area contributed by atoms with Crippen LogP contribution in [0.3, 0.4) is 0 Å². The van der Waals surface area contributed by atoms with E-state index < -0.39 is 11.8 Å². The van der Waals surface area contributed by atoms with Gasteiger partial charge in [0, 0.05) is 47.4 Å². The largest absolute Gasteiger partial charge is 0.367 e. The van der Waals surface area contributed by atoms with Crippen molar-refractivity contribution in [2.75, 3.05) is 29.0 Å². The number of aromatic nitrogens is 6. The van der Waals surface area contributed by atoms with E-state index in [-0.39, 0.29) is 27.4 Å². The number of hydrogen-bond donors (Lipinski definition) is 6. The van der Waals surface area contributed by atoms with Crippen molar-refractivity contribution in [1.29, 1.82) is 0 Å². The highest BCUT2D eigenvalue weighted by Gasteiger charge is 2.19. The normalized spacial score (nSPS) is 11.2. The Morgan fingerprint density at radius 3 is 1.62 bits per heavy atom. The molecule has 0 aliphatic rings. The topological polar surface area (TPSA) is 226 Å². The van der Waals surface area contributed by atoms with Crippen LogP contribution in [0.15, 0.2) is 48.5 Å². The van der Waals surface area contributed by atoms with Crippen molar-refractivity contribution in [3.63, 3.8) is 0 Å². The van der Waals surface area contributed by atoms with Crippen LogP contribution in [0.1, 0.15) is 73.9 Å². The third-order valence-electron chi connectivity index (χ3n) is 6.04. The number of hydrogen-bond acceptors (Lipinski definition) is 12. The zero-order valence-corrected chi connectivity index (χ0v) is 26.9. The summed E-state index contributed by atoms with van der Waals surface area (Å²) in [6.45, 7) is 13.4. The molecule has 0 saturated carbocycles. The Balaban J connectivity index is 0.000000248. The van der Waals surface area contributed by atoms with Crippen LogP contribution in [0.5, 0.6) is 0 Å². The van der Waals surface area contributed by atoms with Crippen LogP contribution in [-0.2, 0) is 10.8 Å². The molecule has 45 heavy (non-hydrogen) atoms. The number of carbonyl (C=O) groups is 2. The lowest BCUT2D eigenvalue weighted by molar-refractivity contribution is 0.0987. The number of primary amides is 2. The zero-order chi connectivity index (χ0) is 33.4. The van der Waals surface area contributed by atoms with Crippen LogP contribution >= 0.6 is 11.6 Å². The van der Waals surface area contributed by atoms with Gasteiger partial charge in [-0.2, -0.15) is 0 Å². The van der Waals surface area contributed by atoms with Crippen molar-refractivity contribution in [3.8, 4) is 0 Å². The molecule has 4 aromatic rings. The molecular weight excluding hydrogens is 596 g/mol. The number of amides is 2. The third kappa shape index (κ3) is 10.0. The van der Waals surface area contributed by atoms with E-state index in [1.165, 1.54) is 6.07 Å². The van der Waals surface area contributed by atoms with Crippen LogP contribution < -0.4 is 33.2 Å². The molecule has 0 fully saturated rings. The minimum absolute atomic E-state index is 0.0161. The molecule has 15 heteroatoms. The fourth-order valence-corrected chi connectivity index (χ4v) is 3.87. The molecule has 0 atom stereocenters. The second-order valence-electron chi connectivity index (χ2n) is 11.9. The molecule has 0 spiro atoms. The molecule has 14 nitrogen and oxygen atoms in total. The summed E-state index contributed by atoms with van der Waals surface area (Å²) >= 11 is 5.81. The number of carbonyl (C=O) groups excluding carboxylic acids is 2. The number of rotatable bonds is 9. The summed E-state index contributed by atoms with van der Waals surface area (Å²) in [5.41, 5.74) is 18.7. The Bertz CT molecular complexity index is 1650. The maximum Gasteiger partial charge on any atom is 0.271 e. The van der Waals surface area contributed by atoms with E-state index in [2.05, 4.69) is 87.9 Å². The molecular formula is C30H39ClN12O2. The molecule has 0 bridgehead atoms. The average molecular weight is 635 g/mol. The van der Waals surface area contributed by atoms with Gasteiger partial charge in [0.25, 0.3) is 11.8 Å². The fourth-order valence-electron chi connectivity index (χ4n) is 3.72. The number of pyridine rings is 2. The van der Waals surface area contributed by atoms with E-state index >= 15 is 0 Å². The van der Waals surface area contributed by atoms with Gasteiger partial charge in [0.1, 0.15) is 11.6 Å². The van der Waals surface area contributed by atoms with Gasteiger partial charge < -0.3 is 33.2 Å². The minimum Gasteiger partial charge on any atom is -0.367 e.